The number of benzene rings is 2. The van der Waals surface area contributed by atoms with Gasteiger partial charge in [-0.25, -0.2) is 8.42 Å². The van der Waals surface area contributed by atoms with Gasteiger partial charge in [-0.3, -0.25) is 14.5 Å². The maximum atomic E-state index is 13.5. The summed E-state index contributed by atoms with van der Waals surface area (Å²) in [6.07, 6.45) is 0. The Bertz CT molecular complexity index is 1010. The molecular formula is C23H27N3O4S. The minimum Gasteiger partial charge on any atom is -0.337 e. The number of piperazine rings is 1. The summed E-state index contributed by atoms with van der Waals surface area (Å²) in [4.78, 5) is 31.8. The van der Waals surface area contributed by atoms with E-state index in [1.165, 1.54) is 0 Å². The summed E-state index contributed by atoms with van der Waals surface area (Å²) in [7, 11) is -3.04. The summed E-state index contributed by atoms with van der Waals surface area (Å²) >= 11 is 0. The first-order valence-corrected chi connectivity index (χ1v) is 12.4. The molecule has 2 aromatic carbocycles. The second-order valence-corrected chi connectivity index (χ2v) is 10.3. The molecule has 2 aliphatic heterocycles. The molecular weight excluding hydrogens is 414 g/mol. The Morgan fingerprint density at radius 2 is 1.23 bits per heavy atom. The van der Waals surface area contributed by atoms with E-state index in [9.17, 15) is 18.0 Å². The number of hydrogen-bond acceptors (Lipinski definition) is 5. The van der Waals surface area contributed by atoms with Crippen molar-refractivity contribution in [1.29, 1.82) is 0 Å². The molecule has 0 saturated carbocycles. The molecule has 0 N–H and O–H groups in total. The number of carbonyl (C=O) groups is 2. The van der Waals surface area contributed by atoms with Crippen molar-refractivity contribution in [3.8, 4) is 0 Å². The van der Waals surface area contributed by atoms with Crippen LogP contribution < -0.4 is 0 Å². The first-order valence-electron chi connectivity index (χ1n) is 10.6. The van der Waals surface area contributed by atoms with Gasteiger partial charge >= 0.3 is 0 Å². The first kappa shape index (κ1) is 21.5. The number of carbonyl (C=O) groups excluding carboxylic acids is 2. The van der Waals surface area contributed by atoms with Crippen molar-refractivity contribution in [1.82, 2.24) is 14.7 Å². The summed E-state index contributed by atoms with van der Waals surface area (Å²) in [5.41, 5.74) is 1.52. The van der Waals surface area contributed by atoms with Crippen LogP contribution in [0.3, 0.4) is 0 Å². The van der Waals surface area contributed by atoms with Crippen molar-refractivity contribution < 1.29 is 18.0 Å². The molecule has 1 atom stereocenters. The van der Waals surface area contributed by atoms with Gasteiger partial charge in [0.25, 0.3) is 5.91 Å². The van der Waals surface area contributed by atoms with E-state index < -0.39 is 15.9 Å². The maximum Gasteiger partial charge on any atom is 0.253 e. The van der Waals surface area contributed by atoms with Gasteiger partial charge in [-0.05, 0) is 17.7 Å². The summed E-state index contributed by atoms with van der Waals surface area (Å²) < 4.78 is 23.8. The van der Waals surface area contributed by atoms with Crippen molar-refractivity contribution in [3.05, 3.63) is 71.8 Å². The van der Waals surface area contributed by atoms with E-state index in [-0.39, 0.29) is 23.3 Å². The van der Waals surface area contributed by atoms with Crippen molar-refractivity contribution >= 4 is 21.7 Å². The van der Waals surface area contributed by atoms with Gasteiger partial charge in [0.15, 0.2) is 9.84 Å². The molecule has 2 saturated heterocycles. The van der Waals surface area contributed by atoms with E-state index >= 15 is 0 Å². The van der Waals surface area contributed by atoms with Gasteiger partial charge < -0.3 is 9.80 Å². The highest BCUT2D eigenvalue weighted by atomic mass is 32.2. The second-order valence-electron chi connectivity index (χ2n) is 7.98. The predicted molar refractivity (Wildman–Crippen MR) is 118 cm³/mol. The largest absolute Gasteiger partial charge is 0.337 e. The molecule has 7 nitrogen and oxygen atoms in total. The van der Waals surface area contributed by atoms with Gasteiger partial charge in [0.05, 0.1) is 11.5 Å². The standard InChI is InChI=1S/C23H27N3O4S/c27-22(20-9-5-2-6-10-20)25-11-13-26(14-12-25)23(28)21(19-7-3-1-4-8-19)24-15-17-31(29,30)18-16-24/h1-10,21H,11-18H2. The summed E-state index contributed by atoms with van der Waals surface area (Å²) in [6.45, 7) is 2.59. The molecule has 0 radical (unpaired) electrons. The Morgan fingerprint density at radius 1 is 0.710 bits per heavy atom. The van der Waals surface area contributed by atoms with Crippen molar-refractivity contribution in [2.75, 3.05) is 50.8 Å². The number of rotatable bonds is 4. The van der Waals surface area contributed by atoms with E-state index in [0.29, 0.717) is 44.8 Å². The topological polar surface area (TPSA) is 78.0 Å². The van der Waals surface area contributed by atoms with Crippen LogP contribution in [0.25, 0.3) is 0 Å². The molecule has 2 aliphatic rings. The summed E-state index contributed by atoms with van der Waals surface area (Å²) in [6, 6.07) is 18.2. The average Bonchev–Trinajstić information content (AvgIpc) is 2.81. The Kier molecular flexibility index (Phi) is 6.38. The fourth-order valence-electron chi connectivity index (χ4n) is 4.20. The zero-order valence-corrected chi connectivity index (χ0v) is 18.2. The van der Waals surface area contributed by atoms with Crippen molar-refractivity contribution in [3.63, 3.8) is 0 Å². The van der Waals surface area contributed by atoms with Gasteiger partial charge in [0.1, 0.15) is 6.04 Å². The fourth-order valence-corrected chi connectivity index (χ4v) is 5.43. The van der Waals surface area contributed by atoms with Crippen LogP contribution in [-0.4, -0.2) is 85.7 Å². The molecule has 2 amide bonds. The lowest BCUT2D eigenvalue weighted by atomic mass is 10.0. The molecule has 0 aromatic heterocycles. The highest BCUT2D eigenvalue weighted by molar-refractivity contribution is 7.91. The molecule has 8 heteroatoms. The number of hydrogen-bond donors (Lipinski definition) is 0. The third kappa shape index (κ3) is 4.97. The van der Waals surface area contributed by atoms with E-state index in [1.807, 2.05) is 53.4 Å². The molecule has 164 valence electrons. The molecule has 0 spiro atoms. The van der Waals surface area contributed by atoms with Gasteiger partial charge in [-0.2, -0.15) is 0 Å². The van der Waals surface area contributed by atoms with Crippen LogP contribution in [0.2, 0.25) is 0 Å². The Labute approximate surface area is 183 Å². The molecule has 1 unspecified atom stereocenters. The van der Waals surface area contributed by atoms with Crippen LogP contribution in [0, 0.1) is 0 Å². The van der Waals surface area contributed by atoms with Crippen LogP contribution in [-0.2, 0) is 14.6 Å². The highest BCUT2D eigenvalue weighted by Gasteiger charge is 2.36. The average molecular weight is 442 g/mol. The lowest BCUT2D eigenvalue weighted by Crippen LogP contribution is -2.54. The van der Waals surface area contributed by atoms with E-state index in [2.05, 4.69) is 0 Å². The third-order valence-corrected chi connectivity index (χ3v) is 7.60. The summed E-state index contributed by atoms with van der Waals surface area (Å²) in [5.74, 6) is 0.0946. The molecule has 0 bridgehead atoms. The van der Waals surface area contributed by atoms with E-state index in [1.54, 1.807) is 21.9 Å². The van der Waals surface area contributed by atoms with Crippen LogP contribution in [0.15, 0.2) is 60.7 Å². The van der Waals surface area contributed by atoms with Gasteiger partial charge in [-0.15, -0.1) is 0 Å². The van der Waals surface area contributed by atoms with Crippen LogP contribution >= 0.6 is 0 Å². The predicted octanol–water partition coefficient (Wildman–Crippen LogP) is 1.44. The molecule has 2 heterocycles. The van der Waals surface area contributed by atoms with Gasteiger partial charge in [0, 0.05) is 44.8 Å². The smallest absolute Gasteiger partial charge is 0.253 e. The zero-order valence-electron chi connectivity index (χ0n) is 17.4. The lowest BCUT2D eigenvalue weighted by molar-refractivity contribution is -0.138. The monoisotopic (exact) mass is 441 g/mol. The normalized spacial score (nSPS) is 20.3. The first-order chi connectivity index (χ1) is 14.9. The number of nitrogens with zero attached hydrogens (tertiary/aromatic N) is 3. The maximum absolute atomic E-state index is 13.5. The lowest BCUT2D eigenvalue weighted by Gasteiger charge is -2.40. The third-order valence-electron chi connectivity index (χ3n) is 5.99. The molecule has 4 rings (SSSR count). The van der Waals surface area contributed by atoms with Crippen molar-refractivity contribution in [2.45, 2.75) is 6.04 Å². The number of sulfone groups is 1. The number of amides is 2. The van der Waals surface area contributed by atoms with E-state index in [0.717, 1.165) is 5.56 Å². The fraction of sp³-hybridized carbons (Fsp3) is 0.391. The Hall–Kier alpha value is -2.71. The quantitative estimate of drug-likeness (QED) is 0.718. The van der Waals surface area contributed by atoms with Crippen LogP contribution in [0.4, 0.5) is 0 Å². The minimum absolute atomic E-state index is 0.0199. The molecule has 2 aromatic rings. The van der Waals surface area contributed by atoms with Crippen LogP contribution in [0.1, 0.15) is 22.0 Å². The Balaban J connectivity index is 1.46. The second kappa shape index (κ2) is 9.20. The van der Waals surface area contributed by atoms with Gasteiger partial charge in [-0.1, -0.05) is 48.5 Å². The Morgan fingerprint density at radius 3 is 1.81 bits per heavy atom. The van der Waals surface area contributed by atoms with Gasteiger partial charge in [0.2, 0.25) is 5.91 Å². The molecule has 0 aliphatic carbocycles. The highest BCUT2D eigenvalue weighted by Crippen LogP contribution is 2.26. The minimum atomic E-state index is -3.04. The van der Waals surface area contributed by atoms with E-state index in [4.69, 9.17) is 0 Å². The van der Waals surface area contributed by atoms with Crippen LogP contribution in [0.5, 0.6) is 0 Å². The summed E-state index contributed by atoms with van der Waals surface area (Å²) in [5, 5.41) is 0. The van der Waals surface area contributed by atoms with Crippen molar-refractivity contribution in [2.24, 2.45) is 0 Å². The molecule has 2 fully saturated rings. The SMILES string of the molecule is O=C(c1ccccc1)N1CCN(C(=O)C(c2ccccc2)N2CCS(=O)(=O)CC2)CC1. The molecule has 31 heavy (non-hydrogen) atoms. The zero-order chi connectivity index (χ0) is 21.8.